The summed E-state index contributed by atoms with van der Waals surface area (Å²) in [7, 11) is 0. The van der Waals surface area contributed by atoms with E-state index < -0.39 is 5.54 Å². The molecule has 100 valence electrons. The van der Waals surface area contributed by atoms with E-state index in [0.29, 0.717) is 13.1 Å². The van der Waals surface area contributed by atoms with Crippen molar-refractivity contribution in [3.63, 3.8) is 0 Å². The average Bonchev–Trinajstić information content (AvgIpc) is 3.07. The standard InChI is InChI=1S/C13H16N4O2/c14-13(5-6-13)11(18)15-7-8-17-10-4-2-1-3-9(10)16-12(17)19/h1-4H,5-8,14H2,(H,15,18)(H,16,19). The summed E-state index contributed by atoms with van der Waals surface area (Å²) >= 11 is 0. The molecule has 1 amide bonds. The number of nitrogens with two attached hydrogens (primary N) is 1. The Labute approximate surface area is 109 Å². The summed E-state index contributed by atoms with van der Waals surface area (Å²) in [5.74, 6) is -0.125. The molecule has 1 aromatic carbocycles. The number of fused-ring (bicyclic) bond motifs is 1. The molecule has 1 aliphatic carbocycles. The molecule has 1 aliphatic rings. The third kappa shape index (κ3) is 2.15. The number of aromatic nitrogens is 2. The lowest BCUT2D eigenvalue weighted by Gasteiger charge is -2.10. The van der Waals surface area contributed by atoms with Crippen LogP contribution in [-0.4, -0.2) is 27.5 Å². The maximum Gasteiger partial charge on any atom is 0.326 e. The number of rotatable bonds is 4. The lowest BCUT2D eigenvalue weighted by molar-refractivity contribution is -0.123. The van der Waals surface area contributed by atoms with E-state index >= 15 is 0 Å². The molecular formula is C13H16N4O2. The number of carbonyl (C=O) groups is 1. The molecule has 0 unspecified atom stereocenters. The molecule has 1 heterocycles. The number of nitrogens with one attached hydrogen (secondary N) is 2. The van der Waals surface area contributed by atoms with Crippen LogP contribution in [0.1, 0.15) is 12.8 Å². The van der Waals surface area contributed by atoms with Crippen molar-refractivity contribution in [3.05, 3.63) is 34.7 Å². The van der Waals surface area contributed by atoms with Crippen LogP contribution in [0.15, 0.2) is 29.1 Å². The van der Waals surface area contributed by atoms with Crippen molar-refractivity contribution < 1.29 is 4.79 Å². The monoisotopic (exact) mass is 260 g/mol. The minimum atomic E-state index is -0.662. The lowest BCUT2D eigenvalue weighted by atomic mass is 10.3. The summed E-state index contributed by atoms with van der Waals surface area (Å²) < 4.78 is 1.62. The van der Waals surface area contributed by atoms with Crippen molar-refractivity contribution in [1.82, 2.24) is 14.9 Å². The fourth-order valence-corrected chi connectivity index (χ4v) is 2.15. The van der Waals surface area contributed by atoms with Gasteiger partial charge in [-0.05, 0) is 25.0 Å². The van der Waals surface area contributed by atoms with Crippen molar-refractivity contribution in [2.24, 2.45) is 5.73 Å². The molecule has 6 heteroatoms. The van der Waals surface area contributed by atoms with Crippen LogP contribution in [0.25, 0.3) is 11.0 Å². The number of hydrogen-bond acceptors (Lipinski definition) is 3. The average molecular weight is 260 g/mol. The topological polar surface area (TPSA) is 92.9 Å². The molecule has 1 fully saturated rings. The Hall–Kier alpha value is -2.08. The largest absolute Gasteiger partial charge is 0.353 e. The van der Waals surface area contributed by atoms with Crippen molar-refractivity contribution in [3.8, 4) is 0 Å². The van der Waals surface area contributed by atoms with Crippen molar-refractivity contribution in [1.29, 1.82) is 0 Å². The van der Waals surface area contributed by atoms with Crippen LogP contribution < -0.4 is 16.7 Å². The van der Waals surface area contributed by atoms with Gasteiger partial charge >= 0.3 is 5.69 Å². The molecule has 0 bridgehead atoms. The predicted molar refractivity (Wildman–Crippen MR) is 71.7 cm³/mol. The summed E-state index contributed by atoms with van der Waals surface area (Å²) in [5, 5.41) is 2.78. The molecule has 6 nitrogen and oxygen atoms in total. The van der Waals surface area contributed by atoms with Crippen LogP contribution in [0.3, 0.4) is 0 Å². The molecule has 0 radical (unpaired) electrons. The van der Waals surface area contributed by atoms with Gasteiger partial charge in [0.15, 0.2) is 0 Å². The summed E-state index contributed by atoms with van der Waals surface area (Å²) in [6.07, 6.45) is 1.48. The molecular weight excluding hydrogens is 244 g/mol. The fourth-order valence-electron chi connectivity index (χ4n) is 2.15. The first kappa shape index (κ1) is 12.0. The zero-order valence-electron chi connectivity index (χ0n) is 10.5. The number of carbonyl (C=O) groups excluding carboxylic acids is 1. The Morgan fingerprint density at radius 2 is 2.16 bits per heavy atom. The Bertz CT molecular complexity index is 681. The molecule has 3 rings (SSSR count). The van der Waals surface area contributed by atoms with Gasteiger partial charge in [0.2, 0.25) is 5.91 Å². The second kappa shape index (κ2) is 4.24. The van der Waals surface area contributed by atoms with Gasteiger partial charge in [-0.2, -0.15) is 0 Å². The second-order valence-corrected chi connectivity index (χ2v) is 5.01. The van der Waals surface area contributed by atoms with Crippen LogP contribution in [0, 0.1) is 0 Å². The molecule has 0 atom stereocenters. The third-order valence-electron chi connectivity index (χ3n) is 3.54. The van der Waals surface area contributed by atoms with Gasteiger partial charge in [0, 0.05) is 13.1 Å². The lowest BCUT2D eigenvalue weighted by Crippen LogP contribution is -2.44. The number of amides is 1. The normalized spacial score (nSPS) is 16.5. The molecule has 4 N–H and O–H groups in total. The first-order valence-corrected chi connectivity index (χ1v) is 6.35. The highest BCUT2D eigenvalue weighted by atomic mass is 16.2. The number of aromatic amines is 1. The van der Waals surface area contributed by atoms with Gasteiger partial charge in [-0.15, -0.1) is 0 Å². The quantitative estimate of drug-likeness (QED) is 0.719. The zero-order valence-corrected chi connectivity index (χ0v) is 10.5. The minimum absolute atomic E-state index is 0.125. The summed E-state index contributed by atoms with van der Waals surface area (Å²) in [6, 6.07) is 7.48. The van der Waals surface area contributed by atoms with Crippen molar-refractivity contribution >= 4 is 16.9 Å². The minimum Gasteiger partial charge on any atom is -0.353 e. The number of benzene rings is 1. The number of hydrogen-bond donors (Lipinski definition) is 3. The van der Waals surface area contributed by atoms with Gasteiger partial charge < -0.3 is 16.0 Å². The van der Waals surface area contributed by atoms with Gasteiger partial charge in [0.1, 0.15) is 0 Å². The SMILES string of the molecule is NC1(C(=O)NCCn2c(=O)[nH]c3ccccc32)CC1. The second-order valence-electron chi connectivity index (χ2n) is 5.01. The number of para-hydroxylation sites is 2. The van der Waals surface area contributed by atoms with E-state index in [-0.39, 0.29) is 11.6 Å². The fraction of sp³-hybridized carbons (Fsp3) is 0.385. The molecule has 1 saturated carbocycles. The van der Waals surface area contributed by atoms with Crippen LogP contribution >= 0.6 is 0 Å². The van der Waals surface area contributed by atoms with Gasteiger partial charge in [-0.3, -0.25) is 9.36 Å². The highest BCUT2D eigenvalue weighted by Gasteiger charge is 2.45. The third-order valence-corrected chi connectivity index (χ3v) is 3.54. The van der Waals surface area contributed by atoms with E-state index in [2.05, 4.69) is 10.3 Å². The highest BCUT2D eigenvalue weighted by Crippen LogP contribution is 2.31. The Morgan fingerprint density at radius 1 is 1.42 bits per heavy atom. The smallest absolute Gasteiger partial charge is 0.326 e. The Kier molecular flexibility index (Phi) is 2.67. The maximum absolute atomic E-state index is 11.8. The van der Waals surface area contributed by atoms with E-state index in [1.54, 1.807) is 4.57 Å². The predicted octanol–water partition coefficient (Wildman–Crippen LogP) is -0.0629. The maximum atomic E-state index is 11.8. The summed E-state index contributed by atoms with van der Waals surface area (Å²) in [6.45, 7) is 0.838. The van der Waals surface area contributed by atoms with E-state index in [0.717, 1.165) is 23.9 Å². The summed E-state index contributed by atoms with van der Waals surface area (Å²) in [5.41, 5.74) is 6.60. The first-order valence-electron chi connectivity index (χ1n) is 6.35. The molecule has 0 saturated heterocycles. The van der Waals surface area contributed by atoms with Gasteiger partial charge in [0.25, 0.3) is 0 Å². The zero-order chi connectivity index (χ0) is 13.5. The van der Waals surface area contributed by atoms with Crippen LogP contribution in [0.5, 0.6) is 0 Å². The summed E-state index contributed by atoms with van der Waals surface area (Å²) in [4.78, 5) is 26.2. The molecule has 1 aromatic heterocycles. The van der Waals surface area contributed by atoms with Gasteiger partial charge in [-0.25, -0.2) is 4.79 Å². The highest BCUT2D eigenvalue weighted by molar-refractivity contribution is 5.88. The van der Waals surface area contributed by atoms with Gasteiger partial charge in [-0.1, -0.05) is 12.1 Å². The van der Waals surface area contributed by atoms with Crippen molar-refractivity contribution in [2.75, 3.05) is 6.54 Å². The van der Waals surface area contributed by atoms with Crippen LogP contribution in [0.4, 0.5) is 0 Å². The first-order chi connectivity index (χ1) is 9.10. The number of nitrogens with zero attached hydrogens (tertiary/aromatic N) is 1. The molecule has 0 spiro atoms. The molecule has 2 aromatic rings. The Morgan fingerprint density at radius 3 is 2.89 bits per heavy atom. The van der Waals surface area contributed by atoms with Crippen LogP contribution in [0.2, 0.25) is 0 Å². The number of imidazole rings is 1. The van der Waals surface area contributed by atoms with E-state index in [4.69, 9.17) is 5.73 Å². The molecule has 0 aliphatic heterocycles. The van der Waals surface area contributed by atoms with E-state index in [9.17, 15) is 9.59 Å². The Balaban J connectivity index is 1.70. The number of H-pyrrole nitrogens is 1. The van der Waals surface area contributed by atoms with Crippen LogP contribution in [-0.2, 0) is 11.3 Å². The van der Waals surface area contributed by atoms with E-state index in [1.165, 1.54) is 0 Å². The van der Waals surface area contributed by atoms with Gasteiger partial charge in [0.05, 0.1) is 16.6 Å². The van der Waals surface area contributed by atoms with Crippen molar-refractivity contribution in [2.45, 2.75) is 24.9 Å². The molecule has 19 heavy (non-hydrogen) atoms. The van der Waals surface area contributed by atoms with E-state index in [1.807, 2.05) is 24.3 Å².